The summed E-state index contributed by atoms with van der Waals surface area (Å²) in [6.07, 6.45) is 5.21. The van der Waals surface area contributed by atoms with E-state index in [1.54, 1.807) is 0 Å². The van der Waals surface area contributed by atoms with Crippen molar-refractivity contribution >= 4 is 15.6 Å². The van der Waals surface area contributed by atoms with Gasteiger partial charge in [0.15, 0.2) is 16.1 Å². The number of Topliss-reactive ketones (excluding diaryl/α,β-unsaturated/α-hetero) is 1. The molecular formula is C15H24O5S. The van der Waals surface area contributed by atoms with Gasteiger partial charge in [0.1, 0.15) is 5.78 Å². The molecule has 3 heterocycles. The molecule has 0 saturated carbocycles. The largest absolute Gasteiger partial charge is 0.353 e. The van der Waals surface area contributed by atoms with Crippen LogP contribution in [0.1, 0.15) is 51.4 Å². The average molecular weight is 316 g/mol. The number of hydrogen-bond acceptors (Lipinski definition) is 5. The number of ketones is 1. The smallest absolute Gasteiger partial charge is 0.157 e. The van der Waals surface area contributed by atoms with E-state index in [4.69, 9.17) is 9.47 Å². The fourth-order valence-electron chi connectivity index (χ4n) is 3.84. The van der Waals surface area contributed by atoms with Crippen LogP contribution in [0, 0.1) is 5.92 Å². The molecule has 21 heavy (non-hydrogen) atoms. The highest BCUT2D eigenvalue weighted by atomic mass is 32.2. The summed E-state index contributed by atoms with van der Waals surface area (Å²) in [5.74, 6) is 0.118. The van der Waals surface area contributed by atoms with Gasteiger partial charge in [0.25, 0.3) is 0 Å². The van der Waals surface area contributed by atoms with Crippen LogP contribution < -0.4 is 0 Å². The van der Waals surface area contributed by atoms with Crippen molar-refractivity contribution in [3.63, 3.8) is 0 Å². The Morgan fingerprint density at radius 2 is 1.62 bits per heavy atom. The maximum absolute atomic E-state index is 12.4. The van der Waals surface area contributed by atoms with Crippen LogP contribution in [0.5, 0.6) is 0 Å². The Hall–Kier alpha value is -0.460. The highest BCUT2D eigenvalue weighted by molar-refractivity contribution is 7.92. The van der Waals surface area contributed by atoms with Crippen molar-refractivity contribution in [2.75, 3.05) is 13.2 Å². The quantitative estimate of drug-likeness (QED) is 0.791. The Kier molecular flexibility index (Phi) is 4.66. The van der Waals surface area contributed by atoms with Crippen LogP contribution in [0.25, 0.3) is 0 Å². The molecule has 0 aromatic carbocycles. The van der Waals surface area contributed by atoms with Crippen LogP contribution in [0.15, 0.2) is 0 Å². The highest BCUT2D eigenvalue weighted by Gasteiger charge is 2.45. The summed E-state index contributed by atoms with van der Waals surface area (Å²) in [5, 5.41) is -0.553. The topological polar surface area (TPSA) is 69.7 Å². The van der Waals surface area contributed by atoms with Crippen molar-refractivity contribution in [2.45, 2.75) is 68.2 Å². The minimum Gasteiger partial charge on any atom is -0.353 e. The first-order valence-corrected chi connectivity index (χ1v) is 9.67. The van der Waals surface area contributed by atoms with Gasteiger partial charge >= 0.3 is 0 Å². The Morgan fingerprint density at radius 3 is 2.24 bits per heavy atom. The Balaban J connectivity index is 1.54. The lowest BCUT2D eigenvalue weighted by Gasteiger charge is -2.38. The van der Waals surface area contributed by atoms with Gasteiger partial charge in [0.05, 0.1) is 23.7 Å². The molecule has 6 heteroatoms. The van der Waals surface area contributed by atoms with E-state index in [2.05, 4.69) is 0 Å². The number of rotatable bonds is 4. The number of sulfone groups is 1. The summed E-state index contributed by atoms with van der Waals surface area (Å²) in [6.45, 7) is 1.40. The van der Waals surface area contributed by atoms with E-state index in [1.165, 1.54) is 0 Å². The zero-order chi connectivity index (χ0) is 14.9. The fraction of sp³-hybridized carbons (Fsp3) is 0.933. The van der Waals surface area contributed by atoms with E-state index in [0.29, 0.717) is 38.9 Å². The maximum atomic E-state index is 12.4. The zero-order valence-corrected chi connectivity index (χ0v) is 13.1. The van der Waals surface area contributed by atoms with Crippen LogP contribution in [-0.2, 0) is 24.1 Å². The molecule has 2 bridgehead atoms. The maximum Gasteiger partial charge on any atom is 0.157 e. The molecule has 0 spiro atoms. The van der Waals surface area contributed by atoms with Crippen LogP contribution in [-0.4, -0.2) is 44.2 Å². The van der Waals surface area contributed by atoms with E-state index in [-0.39, 0.29) is 28.5 Å². The van der Waals surface area contributed by atoms with Gasteiger partial charge in [-0.2, -0.15) is 0 Å². The molecule has 3 rings (SSSR count). The summed E-state index contributed by atoms with van der Waals surface area (Å²) in [4.78, 5) is 12.4. The molecule has 120 valence electrons. The third-order valence-corrected chi connectivity index (χ3v) is 7.77. The molecular weight excluding hydrogens is 292 g/mol. The SMILES string of the molecule is O=C(CCC1OCCCO1)C1CC2CCCC(C1)S2(=O)=O. The lowest BCUT2D eigenvalue weighted by atomic mass is 9.85. The van der Waals surface area contributed by atoms with Gasteiger partial charge in [-0.3, -0.25) is 4.79 Å². The van der Waals surface area contributed by atoms with Crippen molar-refractivity contribution < 1.29 is 22.7 Å². The molecule has 3 fully saturated rings. The summed E-state index contributed by atoms with van der Waals surface area (Å²) >= 11 is 0. The lowest BCUT2D eigenvalue weighted by molar-refractivity contribution is -0.182. The predicted octanol–water partition coefficient (Wildman–Crippen LogP) is 1.84. The van der Waals surface area contributed by atoms with Gasteiger partial charge in [0, 0.05) is 18.8 Å². The molecule has 5 nitrogen and oxygen atoms in total. The van der Waals surface area contributed by atoms with Crippen molar-refractivity contribution in [3.8, 4) is 0 Å². The van der Waals surface area contributed by atoms with Gasteiger partial charge in [-0.1, -0.05) is 6.42 Å². The van der Waals surface area contributed by atoms with Crippen LogP contribution in [0.3, 0.4) is 0 Å². The predicted molar refractivity (Wildman–Crippen MR) is 77.6 cm³/mol. The van der Waals surface area contributed by atoms with Crippen molar-refractivity contribution in [3.05, 3.63) is 0 Å². The van der Waals surface area contributed by atoms with Crippen LogP contribution in [0.2, 0.25) is 0 Å². The zero-order valence-electron chi connectivity index (χ0n) is 12.3. The normalized spacial score (nSPS) is 36.3. The molecule has 2 atom stereocenters. The molecule has 3 aliphatic rings. The van der Waals surface area contributed by atoms with E-state index in [1.807, 2.05) is 0 Å². The van der Waals surface area contributed by atoms with Gasteiger partial charge in [-0.05, 0) is 32.1 Å². The Morgan fingerprint density at radius 1 is 1.00 bits per heavy atom. The van der Waals surface area contributed by atoms with Crippen molar-refractivity contribution in [1.82, 2.24) is 0 Å². The van der Waals surface area contributed by atoms with Gasteiger partial charge in [-0.25, -0.2) is 8.42 Å². The summed E-state index contributed by atoms with van der Waals surface area (Å²) in [7, 11) is -2.97. The van der Waals surface area contributed by atoms with E-state index in [0.717, 1.165) is 25.7 Å². The number of carbonyl (C=O) groups is 1. The van der Waals surface area contributed by atoms with E-state index in [9.17, 15) is 13.2 Å². The minimum absolute atomic E-state index is 0.0765. The highest BCUT2D eigenvalue weighted by Crippen LogP contribution is 2.40. The van der Waals surface area contributed by atoms with E-state index < -0.39 is 9.84 Å². The standard InChI is InChI=1S/C15H24O5S/c16-14(5-6-15-19-7-2-8-20-15)11-9-12-3-1-4-13(10-11)21(12,17)18/h11-13,15H,1-10H2. The van der Waals surface area contributed by atoms with Gasteiger partial charge in [0.2, 0.25) is 0 Å². The van der Waals surface area contributed by atoms with E-state index >= 15 is 0 Å². The lowest BCUT2D eigenvalue weighted by Crippen LogP contribution is -2.45. The molecule has 0 N–H and O–H groups in total. The molecule has 0 aromatic heterocycles. The summed E-state index contributed by atoms with van der Waals surface area (Å²) in [5.41, 5.74) is 0. The number of hydrogen-bond donors (Lipinski definition) is 0. The summed E-state index contributed by atoms with van der Waals surface area (Å²) < 4.78 is 35.3. The summed E-state index contributed by atoms with van der Waals surface area (Å²) in [6, 6.07) is 0. The Bertz CT molecular complexity index is 460. The first kappa shape index (κ1) is 15.4. The van der Waals surface area contributed by atoms with Crippen LogP contribution in [0.4, 0.5) is 0 Å². The molecule has 3 saturated heterocycles. The molecule has 2 unspecified atom stereocenters. The molecule has 0 aliphatic carbocycles. The number of ether oxygens (including phenoxy) is 2. The van der Waals surface area contributed by atoms with Gasteiger partial charge < -0.3 is 9.47 Å². The Labute approximate surface area is 126 Å². The molecule has 3 aliphatic heterocycles. The molecule has 0 amide bonds. The van der Waals surface area contributed by atoms with Gasteiger partial charge in [-0.15, -0.1) is 0 Å². The first-order valence-electron chi connectivity index (χ1n) is 8.06. The van der Waals surface area contributed by atoms with Crippen molar-refractivity contribution in [1.29, 1.82) is 0 Å². The number of carbonyl (C=O) groups excluding carboxylic acids is 1. The van der Waals surface area contributed by atoms with Crippen molar-refractivity contribution in [2.24, 2.45) is 5.92 Å². The minimum atomic E-state index is -2.97. The second-order valence-electron chi connectivity index (χ2n) is 6.46. The second-order valence-corrected chi connectivity index (χ2v) is 8.97. The average Bonchev–Trinajstić information content (AvgIpc) is 2.44. The third-order valence-electron chi connectivity index (χ3n) is 5.05. The van der Waals surface area contributed by atoms with Crippen LogP contribution >= 0.6 is 0 Å². The second kappa shape index (κ2) is 6.34. The molecule has 0 radical (unpaired) electrons. The first-order chi connectivity index (χ1) is 10.1. The third kappa shape index (κ3) is 3.32. The monoisotopic (exact) mass is 316 g/mol. The molecule has 0 aromatic rings. The number of fused-ring (bicyclic) bond motifs is 2. The fourth-order valence-corrected chi connectivity index (χ4v) is 6.37.